The van der Waals surface area contributed by atoms with Gasteiger partial charge in [0.2, 0.25) is 0 Å². The highest BCUT2D eigenvalue weighted by molar-refractivity contribution is 5.78. The summed E-state index contributed by atoms with van der Waals surface area (Å²) in [6.45, 7) is 2.84. The third-order valence-corrected chi connectivity index (χ3v) is 3.38. The molecule has 3 rings (SSSR count). The maximum Gasteiger partial charge on any atom is 0.130 e. The van der Waals surface area contributed by atoms with E-state index in [-0.39, 0.29) is 0 Å². The average molecular weight is 225 g/mol. The Labute approximate surface area is 101 Å². The Hall–Kier alpha value is -1.96. The molecular formula is C15H15NO. The van der Waals surface area contributed by atoms with Crippen molar-refractivity contribution in [2.75, 3.05) is 12.3 Å². The van der Waals surface area contributed by atoms with Crippen LogP contribution in [0.3, 0.4) is 0 Å². The number of rotatable bonds is 1. The Morgan fingerprint density at radius 2 is 1.82 bits per heavy atom. The Kier molecular flexibility index (Phi) is 2.29. The first-order valence-electron chi connectivity index (χ1n) is 5.87. The standard InChI is InChI=1S/C15H15NO/c1-10-12(5-3-7-14(10)16)13-6-2-4-11-8-9-17-15(11)13/h2-7H,8-9,16H2,1H3. The van der Waals surface area contributed by atoms with Crippen molar-refractivity contribution < 1.29 is 4.74 Å². The smallest absolute Gasteiger partial charge is 0.130 e. The van der Waals surface area contributed by atoms with E-state index in [1.165, 1.54) is 11.1 Å². The minimum atomic E-state index is 0.785. The van der Waals surface area contributed by atoms with Gasteiger partial charge in [-0.1, -0.05) is 30.3 Å². The Balaban J connectivity index is 2.23. The van der Waals surface area contributed by atoms with Crippen molar-refractivity contribution in [2.24, 2.45) is 0 Å². The van der Waals surface area contributed by atoms with Crippen LogP contribution in [-0.2, 0) is 6.42 Å². The van der Waals surface area contributed by atoms with Crippen LogP contribution in [-0.4, -0.2) is 6.61 Å². The molecule has 0 amide bonds. The lowest BCUT2D eigenvalue weighted by Crippen LogP contribution is -1.94. The molecule has 0 bridgehead atoms. The number of nitrogens with two attached hydrogens (primary N) is 1. The molecule has 0 radical (unpaired) electrons. The van der Waals surface area contributed by atoms with Gasteiger partial charge in [-0.2, -0.15) is 0 Å². The van der Waals surface area contributed by atoms with Crippen molar-refractivity contribution >= 4 is 5.69 Å². The summed E-state index contributed by atoms with van der Waals surface area (Å²) in [5, 5.41) is 0. The third kappa shape index (κ3) is 1.57. The van der Waals surface area contributed by atoms with Crippen LogP contribution in [0, 0.1) is 6.92 Å². The zero-order chi connectivity index (χ0) is 11.8. The first-order valence-corrected chi connectivity index (χ1v) is 5.87. The number of para-hydroxylation sites is 1. The second-order valence-electron chi connectivity index (χ2n) is 4.41. The fraction of sp³-hybridized carbons (Fsp3) is 0.200. The normalized spacial score (nSPS) is 13.2. The van der Waals surface area contributed by atoms with Crippen molar-refractivity contribution in [2.45, 2.75) is 13.3 Å². The number of anilines is 1. The summed E-state index contributed by atoms with van der Waals surface area (Å²) in [5.74, 6) is 1.03. The SMILES string of the molecule is Cc1c(N)cccc1-c1cccc2c1OCC2. The molecule has 0 aliphatic carbocycles. The molecule has 0 saturated heterocycles. The van der Waals surface area contributed by atoms with Gasteiger partial charge in [0.1, 0.15) is 5.75 Å². The van der Waals surface area contributed by atoms with Gasteiger partial charge in [-0.3, -0.25) is 0 Å². The number of hydrogen-bond acceptors (Lipinski definition) is 2. The average Bonchev–Trinajstić information content (AvgIpc) is 2.81. The molecule has 0 aromatic heterocycles. The van der Waals surface area contributed by atoms with Gasteiger partial charge in [0.25, 0.3) is 0 Å². The Morgan fingerprint density at radius 3 is 2.71 bits per heavy atom. The lowest BCUT2D eigenvalue weighted by atomic mass is 9.96. The largest absolute Gasteiger partial charge is 0.492 e. The molecule has 86 valence electrons. The summed E-state index contributed by atoms with van der Waals surface area (Å²) in [6, 6.07) is 12.3. The van der Waals surface area contributed by atoms with Crippen molar-refractivity contribution in [1.29, 1.82) is 0 Å². The fourth-order valence-electron chi connectivity index (χ4n) is 2.37. The van der Waals surface area contributed by atoms with Gasteiger partial charge in [0.05, 0.1) is 6.61 Å². The monoisotopic (exact) mass is 225 g/mol. The number of ether oxygens (including phenoxy) is 1. The minimum Gasteiger partial charge on any atom is -0.492 e. The minimum absolute atomic E-state index is 0.785. The van der Waals surface area contributed by atoms with E-state index >= 15 is 0 Å². The van der Waals surface area contributed by atoms with Crippen LogP contribution in [0.2, 0.25) is 0 Å². The highest BCUT2D eigenvalue weighted by Gasteiger charge is 2.18. The molecule has 2 nitrogen and oxygen atoms in total. The summed E-state index contributed by atoms with van der Waals surface area (Å²) in [5.41, 5.74) is 11.5. The molecule has 1 heterocycles. The van der Waals surface area contributed by atoms with E-state index in [9.17, 15) is 0 Å². The zero-order valence-electron chi connectivity index (χ0n) is 9.86. The van der Waals surface area contributed by atoms with Crippen LogP contribution >= 0.6 is 0 Å². The molecule has 2 heteroatoms. The Bertz CT molecular complexity index is 575. The second-order valence-corrected chi connectivity index (χ2v) is 4.41. The predicted molar refractivity (Wildman–Crippen MR) is 70.2 cm³/mol. The third-order valence-electron chi connectivity index (χ3n) is 3.38. The lowest BCUT2D eigenvalue weighted by Gasteiger charge is -2.12. The summed E-state index contributed by atoms with van der Waals surface area (Å²) in [4.78, 5) is 0. The molecular weight excluding hydrogens is 210 g/mol. The molecule has 0 saturated carbocycles. The van der Waals surface area contributed by atoms with Gasteiger partial charge in [-0.25, -0.2) is 0 Å². The van der Waals surface area contributed by atoms with Gasteiger partial charge in [0.15, 0.2) is 0 Å². The van der Waals surface area contributed by atoms with Gasteiger partial charge >= 0.3 is 0 Å². The van der Waals surface area contributed by atoms with Crippen LogP contribution in [0.15, 0.2) is 36.4 Å². The summed E-state index contributed by atoms with van der Waals surface area (Å²) < 4.78 is 5.74. The van der Waals surface area contributed by atoms with E-state index in [2.05, 4.69) is 31.2 Å². The van der Waals surface area contributed by atoms with Gasteiger partial charge in [0, 0.05) is 17.7 Å². The second kappa shape index (κ2) is 3.81. The molecule has 1 aliphatic heterocycles. The summed E-state index contributed by atoms with van der Waals surface area (Å²) in [6.07, 6.45) is 1.00. The van der Waals surface area contributed by atoms with E-state index < -0.39 is 0 Å². The molecule has 0 atom stereocenters. The molecule has 2 aromatic carbocycles. The van der Waals surface area contributed by atoms with Crippen molar-refractivity contribution in [3.05, 3.63) is 47.5 Å². The van der Waals surface area contributed by atoms with Crippen LogP contribution < -0.4 is 10.5 Å². The van der Waals surface area contributed by atoms with Gasteiger partial charge in [-0.15, -0.1) is 0 Å². The fourth-order valence-corrected chi connectivity index (χ4v) is 2.37. The van der Waals surface area contributed by atoms with Crippen LogP contribution in [0.1, 0.15) is 11.1 Å². The lowest BCUT2D eigenvalue weighted by molar-refractivity contribution is 0.358. The highest BCUT2D eigenvalue weighted by atomic mass is 16.5. The van der Waals surface area contributed by atoms with E-state index in [1.807, 2.05) is 12.1 Å². The summed E-state index contributed by atoms with van der Waals surface area (Å²) >= 11 is 0. The summed E-state index contributed by atoms with van der Waals surface area (Å²) in [7, 11) is 0. The highest BCUT2D eigenvalue weighted by Crippen LogP contribution is 2.38. The molecule has 0 spiro atoms. The number of nitrogen functional groups attached to an aromatic ring is 1. The van der Waals surface area contributed by atoms with Gasteiger partial charge < -0.3 is 10.5 Å². The van der Waals surface area contributed by atoms with E-state index in [0.29, 0.717) is 0 Å². The quantitative estimate of drug-likeness (QED) is 0.756. The van der Waals surface area contributed by atoms with Crippen molar-refractivity contribution in [3.63, 3.8) is 0 Å². The maximum absolute atomic E-state index is 5.96. The van der Waals surface area contributed by atoms with Crippen LogP contribution in [0.25, 0.3) is 11.1 Å². The first-order chi connectivity index (χ1) is 8.27. The maximum atomic E-state index is 5.96. The zero-order valence-corrected chi connectivity index (χ0v) is 9.86. The van der Waals surface area contributed by atoms with Crippen LogP contribution in [0.5, 0.6) is 5.75 Å². The molecule has 2 N–H and O–H groups in total. The predicted octanol–water partition coefficient (Wildman–Crippen LogP) is 3.18. The van der Waals surface area contributed by atoms with Crippen molar-refractivity contribution in [3.8, 4) is 16.9 Å². The molecule has 2 aromatic rings. The molecule has 0 fully saturated rings. The topological polar surface area (TPSA) is 35.2 Å². The number of fused-ring (bicyclic) bond motifs is 1. The Morgan fingerprint density at radius 1 is 1.06 bits per heavy atom. The van der Waals surface area contributed by atoms with Crippen LogP contribution in [0.4, 0.5) is 5.69 Å². The molecule has 1 aliphatic rings. The van der Waals surface area contributed by atoms with Gasteiger partial charge in [-0.05, 0) is 29.7 Å². The molecule has 17 heavy (non-hydrogen) atoms. The van der Waals surface area contributed by atoms with E-state index in [1.54, 1.807) is 0 Å². The number of hydrogen-bond donors (Lipinski definition) is 1. The molecule has 0 unspecified atom stereocenters. The van der Waals surface area contributed by atoms with E-state index in [0.717, 1.165) is 35.6 Å². The first kappa shape index (κ1) is 10.2. The number of benzene rings is 2. The van der Waals surface area contributed by atoms with E-state index in [4.69, 9.17) is 10.5 Å². The van der Waals surface area contributed by atoms with Crippen molar-refractivity contribution in [1.82, 2.24) is 0 Å².